The number of aliphatic carboxylic acids is 1. The summed E-state index contributed by atoms with van der Waals surface area (Å²) in [5.41, 5.74) is 1.10. The Labute approximate surface area is 319 Å². The summed E-state index contributed by atoms with van der Waals surface area (Å²) in [5, 5.41) is 17.7. The second kappa shape index (κ2) is 21.2. The first-order valence-electron chi connectivity index (χ1n) is 19.2. The summed E-state index contributed by atoms with van der Waals surface area (Å²) in [6, 6.07) is 7.71. The Balaban J connectivity index is 1.85. The van der Waals surface area contributed by atoms with Gasteiger partial charge < -0.3 is 25.4 Å². The highest BCUT2D eigenvalue weighted by Crippen LogP contribution is 2.31. The number of carbonyl (C=O) groups excluding carboxylic acids is 4. The minimum atomic E-state index is -0.942. The van der Waals surface area contributed by atoms with Crippen molar-refractivity contribution in [1.29, 1.82) is 0 Å². The first-order valence-corrected chi connectivity index (χ1v) is 20.0. The molecule has 7 atom stereocenters. The largest absolute Gasteiger partial charge is 0.481 e. The number of benzene rings is 1. The number of amides is 3. The molecular formula is C40H61N5O7S. The molecule has 53 heavy (non-hydrogen) atoms. The van der Waals surface area contributed by atoms with Gasteiger partial charge in [0.05, 0.1) is 12.0 Å². The lowest BCUT2D eigenvalue weighted by atomic mass is 9.92. The fourth-order valence-corrected chi connectivity index (χ4v) is 7.70. The maximum absolute atomic E-state index is 14.3. The zero-order valence-electron chi connectivity index (χ0n) is 32.8. The predicted octanol–water partition coefficient (Wildman–Crippen LogP) is 5.87. The third-order valence-electron chi connectivity index (χ3n) is 10.4. The highest BCUT2D eigenvalue weighted by atomic mass is 32.1. The van der Waals surface area contributed by atoms with Crippen LogP contribution in [-0.2, 0) is 30.3 Å². The lowest BCUT2D eigenvalue weighted by Gasteiger charge is -2.38. The van der Waals surface area contributed by atoms with Gasteiger partial charge in [-0.1, -0.05) is 84.7 Å². The van der Waals surface area contributed by atoms with E-state index in [-0.39, 0.29) is 54.6 Å². The number of esters is 1. The van der Waals surface area contributed by atoms with Crippen molar-refractivity contribution in [2.75, 3.05) is 20.6 Å². The molecule has 3 amide bonds. The van der Waals surface area contributed by atoms with Crippen LogP contribution in [0, 0.1) is 17.8 Å². The number of aromatic nitrogens is 1. The summed E-state index contributed by atoms with van der Waals surface area (Å²) in [6.07, 6.45) is 4.34. The van der Waals surface area contributed by atoms with Gasteiger partial charge >= 0.3 is 11.9 Å². The Hall–Kier alpha value is -3.84. The van der Waals surface area contributed by atoms with Gasteiger partial charge in [-0.2, -0.15) is 0 Å². The van der Waals surface area contributed by atoms with Crippen LogP contribution in [0.2, 0.25) is 0 Å². The Morgan fingerprint density at radius 2 is 1.74 bits per heavy atom. The molecule has 0 radical (unpaired) electrons. The summed E-state index contributed by atoms with van der Waals surface area (Å²) < 4.78 is 6.00. The van der Waals surface area contributed by atoms with Gasteiger partial charge in [0.2, 0.25) is 11.8 Å². The van der Waals surface area contributed by atoms with Crippen molar-refractivity contribution in [2.45, 2.75) is 130 Å². The van der Waals surface area contributed by atoms with Crippen molar-refractivity contribution in [3.63, 3.8) is 0 Å². The van der Waals surface area contributed by atoms with Crippen LogP contribution in [0.4, 0.5) is 0 Å². The number of thiazole rings is 1. The van der Waals surface area contributed by atoms with Crippen molar-refractivity contribution in [3.8, 4) is 0 Å². The molecule has 1 aliphatic heterocycles. The van der Waals surface area contributed by atoms with Gasteiger partial charge in [0.25, 0.3) is 5.91 Å². The van der Waals surface area contributed by atoms with Crippen LogP contribution in [0.1, 0.15) is 120 Å². The molecule has 0 aliphatic carbocycles. The van der Waals surface area contributed by atoms with Crippen LogP contribution >= 0.6 is 11.3 Å². The van der Waals surface area contributed by atoms with E-state index in [4.69, 9.17) is 4.74 Å². The zero-order chi connectivity index (χ0) is 39.2. The number of hydrogen-bond acceptors (Lipinski definition) is 9. The second-order valence-electron chi connectivity index (χ2n) is 15.0. The minimum Gasteiger partial charge on any atom is -0.481 e. The maximum atomic E-state index is 14.3. The van der Waals surface area contributed by atoms with Gasteiger partial charge in [0, 0.05) is 37.4 Å². The van der Waals surface area contributed by atoms with Crippen LogP contribution in [0.25, 0.3) is 0 Å². The summed E-state index contributed by atoms with van der Waals surface area (Å²) >= 11 is 1.20. The van der Waals surface area contributed by atoms with Crippen molar-refractivity contribution in [3.05, 3.63) is 52.0 Å². The number of rotatable bonds is 20. The molecule has 2 heterocycles. The third-order valence-corrected chi connectivity index (χ3v) is 11.3. The molecule has 294 valence electrons. The normalized spacial score (nSPS) is 18.2. The molecule has 1 saturated heterocycles. The van der Waals surface area contributed by atoms with Gasteiger partial charge in [0.15, 0.2) is 6.10 Å². The predicted molar refractivity (Wildman–Crippen MR) is 206 cm³/mol. The van der Waals surface area contributed by atoms with E-state index < -0.39 is 48.0 Å². The van der Waals surface area contributed by atoms with E-state index in [0.717, 1.165) is 31.4 Å². The zero-order valence-corrected chi connectivity index (χ0v) is 33.6. The number of carboxylic acid groups (broad SMARTS) is 1. The number of ether oxygens (including phenoxy) is 1. The van der Waals surface area contributed by atoms with Crippen LogP contribution in [0.15, 0.2) is 35.7 Å². The quantitative estimate of drug-likeness (QED) is 0.141. The standard InChI is InChI=1S/C40H61N5O7S/c1-9-16-34(46)52-33(38-42-30(24-53-38)36(47)41-29(21-27(6)40(50)51)22-28-17-12-11-13-18-28)23-32(25(3)4)45(8)39(49)35(26(5)10-2)43-37(48)31-19-14-15-20-44(31)7/h11-13,17-18,24-27,29,31-33,35H,9-10,14-16,19-23H2,1-8H3,(H,41,47)(H,43,48)(H,50,51)/t26?,27?,29?,31-,32?,33?,35?/m1/s1. The average molecular weight is 756 g/mol. The lowest BCUT2D eigenvalue weighted by molar-refractivity contribution is -0.151. The van der Waals surface area contributed by atoms with Gasteiger partial charge in [-0.05, 0) is 63.1 Å². The highest BCUT2D eigenvalue weighted by molar-refractivity contribution is 7.09. The number of carboxylic acids is 1. The van der Waals surface area contributed by atoms with E-state index in [9.17, 15) is 29.1 Å². The molecule has 1 fully saturated rings. The van der Waals surface area contributed by atoms with Crippen molar-refractivity contribution in [2.24, 2.45) is 17.8 Å². The van der Waals surface area contributed by atoms with Gasteiger partial charge in [0.1, 0.15) is 16.7 Å². The number of nitrogens with one attached hydrogen (secondary N) is 2. The van der Waals surface area contributed by atoms with Crippen molar-refractivity contribution in [1.82, 2.24) is 25.4 Å². The molecule has 1 aromatic carbocycles. The first-order chi connectivity index (χ1) is 25.2. The number of piperidine rings is 1. The topological polar surface area (TPSA) is 158 Å². The van der Waals surface area contributed by atoms with Crippen LogP contribution in [-0.4, -0.2) is 94.4 Å². The molecule has 2 aromatic rings. The van der Waals surface area contributed by atoms with E-state index in [0.29, 0.717) is 24.3 Å². The van der Waals surface area contributed by atoms with Gasteiger partial charge in [-0.3, -0.25) is 28.9 Å². The fourth-order valence-electron chi connectivity index (χ4n) is 6.86. The SMILES string of the molecule is CCCC(=O)OC(CC(C(C)C)N(C)C(=O)C(NC(=O)[C@H]1CCCCN1C)C(C)CC)c1nc(C(=O)NC(Cc2ccccc2)CC(C)C(=O)O)cs1. The van der Waals surface area contributed by atoms with Crippen LogP contribution in [0.3, 0.4) is 0 Å². The molecule has 13 heteroatoms. The fraction of sp³-hybridized carbons (Fsp3) is 0.650. The monoisotopic (exact) mass is 755 g/mol. The van der Waals surface area contributed by atoms with Gasteiger partial charge in [-0.25, -0.2) is 4.98 Å². The molecule has 1 aromatic heterocycles. The smallest absolute Gasteiger partial charge is 0.306 e. The van der Waals surface area contributed by atoms with E-state index in [1.165, 1.54) is 11.3 Å². The molecule has 0 saturated carbocycles. The molecular weight excluding hydrogens is 695 g/mol. The Morgan fingerprint density at radius 1 is 1.04 bits per heavy atom. The number of nitrogens with zero attached hydrogens (tertiary/aromatic N) is 3. The van der Waals surface area contributed by atoms with Crippen LogP contribution in [0.5, 0.6) is 0 Å². The summed E-state index contributed by atoms with van der Waals surface area (Å²) in [6.45, 7) is 12.3. The van der Waals surface area contributed by atoms with Crippen molar-refractivity contribution >= 4 is 41.0 Å². The molecule has 1 aliphatic rings. The Morgan fingerprint density at radius 3 is 2.34 bits per heavy atom. The van der Waals surface area contributed by atoms with Crippen molar-refractivity contribution < 1.29 is 33.8 Å². The minimum absolute atomic E-state index is 0.0493. The molecule has 12 nitrogen and oxygen atoms in total. The molecule has 6 unspecified atom stereocenters. The van der Waals surface area contributed by atoms with Gasteiger partial charge in [-0.15, -0.1) is 11.3 Å². The number of hydrogen-bond donors (Lipinski definition) is 3. The first kappa shape index (κ1) is 43.6. The highest BCUT2D eigenvalue weighted by Gasteiger charge is 2.37. The summed E-state index contributed by atoms with van der Waals surface area (Å²) in [4.78, 5) is 74.3. The van der Waals surface area contributed by atoms with E-state index >= 15 is 0 Å². The number of likely N-dealkylation sites (N-methyl/N-ethyl adjacent to an activating group) is 2. The lowest BCUT2D eigenvalue weighted by Crippen LogP contribution is -2.58. The molecule has 0 spiro atoms. The van der Waals surface area contributed by atoms with E-state index in [1.807, 2.05) is 72.0 Å². The molecule has 0 bridgehead atoms. The molecule has 3 rings (SSSR count). The van der Waals surface area contributed by atoms with E-state index in [1.54, 1.807) is 24.3 Å². The summed E-state index contributed by atoms with van der Waals surface area (Å²) in [5.74, 6) is -2.97. The second-order valence-corrected chi connectivity index (χ2v) is 15.9. The Kier molecular flexibility index (Phi) is 17.4. The van der Waals surface area contributed by atoms with E-state index in [2.05, 4.69) is 20.5 Å². The third kappa shape index (κ3) is 12.9. The summed E-state index contributed by atoms with van der Waals surface area (Å²) in [7, 11) is 3.68. The Bertz CT molecular complexity index is 1500. The number of likely N-dealkylation sites (tertiary alicyclic amines) is 1. The maximum Gasteiger partial charge on any atom is 0.306 e. The number of carbonyl (C=O) groups is 5. The molecule has 3 N–H and O–H groups in total. The van der Waals surface area contributed by atoms with Crippen LogP contribution < -0.4 is 10.6 Å². The average Bonchev–Trinajstić information content (AvgIpc) is 3.62.